The summed E-state index contributed by atoms with van der Waals surface area (Å²) < 4.78 is 10.3. The fraction of sp³-hybridized carbons (Fsp3) is 0.533. The van der Waals surface area contributed by atoms with Crippen molar-refractivity contribution >= 4 is 5.97 Å². The number of nitrogens with two attached hydrogens (primary N) is 1. The van der Waals surface area contributed by atoms with Gasteiger partial charge in [-0.3, -0.25) is 4.79 Å². The van der Waals surface area contributed by atoms with E-state index in [9.17, 15) is 4.79 Å². The molecule has 1 rings (SSSR count). The van der Waals surface area contributed by atoms with Gasteiger partial charge in [0.1, 0.15) is 5.75 Å². The Labute approximate surface area is 114 Å². The molecule has 0 fully saturated rings. The molecule has 19 heavy (non-hydrogen) atoms. The maximum atomic E-state index is 11.0. The van der Waals surface area contributed by atoms with Crippen LogP contribution in [0.25, 0.3) is 0 Å². The monoisotopic (exact) mass is 265 g/mol. The molecule has 0 bridgehead atoms. The van der Waals surface area contributed by atoms with E-state index in [1.807, 2.05) is 24.3 Å². The molecule has 1 aromatic rings. The Balaban J connectivity index is 2.45. The lowest BCUT2D eigenvalue weighted by Crippen LogP contribution is -2.30. The van der Waals surface area contributed by atoms with Crippen LogP contribution in [0.5, 0.6) is 5.75 Å². The van der Waals surface area contributed by atoms with Gasteiger partial charge in [-0.25, -0.2) is 0 Å². The average molecular weight is 265 g/mol. The molecule has 0 radical (unpaired) electrons. The minimum atomic E-state index is -0.190. The van der Waals surface area contributed by atoms with Crippen LogP contribution in [0.2, 0.25) is 0 Å². The predicted octanol–water partition coefficient (Wildman–Crippen LogP) is 2.16. The van der Waals surface area contributed by atoms with Gasteiger partial charge in [-0.15, -0.1) is 0 Å². The summed E-state index contributed by atoms with van der Waals surface area (Å²) in [5.41, 5.74) is 6.72. The lowest BCUT2D eigenvalue weighted by atomic mass is 9.95. The predicted molar refractivity (Wildman–Crippen MR) is 75.1 cm³/mol. The number of esters is 1. The third kappa shape index (κ3) is 5.75. The fourth-order valence-electron chi connectivity index (χ4n) is 1.44. The van der Waals surface area contributed by atoms with E-state index in [-0.39, 0.29) is 11.4 Å². The van der Waals surface area contributed by atoms with Gasteiger partial charge in [0.25, 0.3) is 0 Å². The molecule has 106 valence electrons. The summed E-state index contributed by atoms with van der Waals surface area (Å²) in [6.45, 7) is 5.31. The summed E-state index contributed by atoms with van der Waals surface area (Å²) in [4.78, 5) is 11.0. The minimum Gasteiger partial charge on any atom is -0.493 e. The lowest BCUT2D eigenvalue weighted by molar-refractivity contribution is -0.140. The standard InChI is InChI=1S/C15H23NO3/c1-15(2,10-16)11-19-13-7-4-12(5-8-13)6-9-14(17)18-3/h4-5,7-8H,6,9-11,16H2,1-3H3. The van der Waals surface area contributed by atoms with Gasteiger partial charge in [-0.2, -0.15) is 0 Å². The molecule has 0 spiro atoms. The highest BCUT2D eigenvalue weighted by molar-refractivity contribution is 5.69. The van der Waals surface area contributed by atoms with Crippen LogP contribution in [-0.2, 0) is 16.0 Å². The fourth-order valence-corrected chi connectivity index (χ4v) is 1.44. The van der Waals surface area contributed by atoms with E-state index >= 15 is 0 Å². The van der Waals surface area contributed by atoms with Gasteiger partial charge in [0.05, 0.1) is 13.7 Å². The van der Waals surface area contributed by atoms with Crippen LogP contribution >= 0.6 is 0 Å². The number of hydrogen-bond donors (Lipinski definition) is 1. The van der Waals surface area contributed by atoms with Gasteiger partial charge < -0.3 is 15.2 Å². The van der Waals surface area contributed by atoms with Crippen molar-refractivity contribution in [2.24, 2.45) is 11.1 Å². The van der Waals surface area contributed by atoms with Crippen molar-refractivity contribution in [3.63, 3.8) is 0 Å². The Morgan fingerprint density at radius 2 is 1.89 bits per heavy atom. The van der Waals surface area contributed by atoms with Gasteiger partial charge in [0.2, 0.25) is 0 Å². The normalized spacial score (nSPS) is 11.2. The van der Waals surface area contributed by atoms with Gasteiger partial charge in [0, 0.05) is 18.4 Å². The van der Waals surface area contributed by atoms with Crippen molar-refractivity contribution in [2.45, 2.75) is 26.7 Å². The van der Waals surface area contributed by atoms with E-state index in [0.717, 1.165) is 11.3 Å². The van der Waals surface area contributed by atoms with Crippen LogP contribution in [0.15, 0.2) is 24.3 Å². The van der Waals surface area contributed by atoms with Crippen LogP contribution in [-0.4, -0.2) is 26.2 Å². The molecule has 0 saturated heterocycles. The number of methoxy groups -OCH3 is 1. The topological polar surface area (TPSA) is 61.5 Å². The van der Waals surface area contributed by atoms with E-state index in [0.29, 0.717) is 26.0 Å². The van der Waals surface area contributed by atoms with E-state index < -0.39 is 0 Å². The second-order valence-electron chi connectivity index (χ2n) is 5.38. The molecular formula is C15H23NO3. The number of carbonyl (C=O) groups excluding carboxylic acids is 1. The van der Waals surface area contributed by atoms with Crippen molar-refractivity contribution in [3.05, 3.63) is 29.8 Å². The quantitative estimate of drug-likeness (QED) is 0.767. The summed E-state index contributed by atoms with van der Waals surface area (Å²) in [6, 6.07) is 7.76. The first kappa shape index (κ1) is 15.5. The molecule has 0 saturated carbocycles. The molecule has 0 atom stereocenters. The Hall–Kier alpha value is -1.55. The highest BCUT2D eigenvalue weighted by atomic mass is 16.5. The molecule has 0 aromatic heterocycles. The molecular weight excluding hydrogens is 242 g/mol. The third-order valence-corrected chi connectivity index (χ3v) is 2.95. The van der Waals surface area contributed by atoms with E-state index in [1.165, 1.54) is 7.11 Å². The number of rotatable bonds is 7. The molecule has 0 heterocycles. The summed E-state index contributed by atoms with van der Waals surface area (Å²) >= 11 is 0. The molecule has 0 aliphatic heterocycles. The maximum absolute atomic E-state index is 11.0. The molecule has 1 aromatic carbocycles. The SMILES string of the molecule is COC(=O)CCc1ccc(OCC(C)(C)CN)cc1. The van der Waals surface area contributed by atoms with Crippen LogP contribution in [0, 0.1) is 5.41 Å². The Kier molecular flexibility index (Phi) is 5.83. The van der Waals surface area contributed by atoms with E-state index in [2.05, 4.69) is 18.6 Å². The largest absolute Gasteiger partial charge is 0.493 e. The first-order chi connectivity index (χ1) is 8.96. The van der Waals surface area contributed by atoms with Crippen molar-refractivity contribution in [1.82, 2.24) is 0 Å². The number of benzene rings is 1. The van der Waals surface area contributed by atoms with Gasteiger partial charge >= 0.3 is 5.97 Å². The number of hydrogen-bond acceptors (Lipinski definition) is 4. The first-order valence-corrected chi connectivity index (χ1v) is 6.45. The van der Waals surface area contributed by atoms with Crippen LogP contribution in [0.3, 0.4) is 0 Å². The third-order valence-electron chi connectivity index (χ3n) is 2.95. The van der Waals surface area contributed by atoms with Gasteiger partial charge in [-0.05, 0) is 24.1 Å². The number of ether oxygens (including phenoxy) is 2. The molecule has 0 aliphatic carbocycles. The van der Waals surface area contributed by atoms with E-state index in [4.69, 9.17) is 10.5 Å². The Morgan fingerprint density at radius 1 is 1.26 bits per heavy atom. The summed E-state index contributed by atoms with van der Waals surface area (Å²) in [5.74, 6) is 0.633. The zero-order chi connectivity index (χ0) is 14.3. The molecule has 2 N–H and O–H groups in total. The maximum Gasteiger partial charge on any atom is 0.305 e. The lowest BCUT2D eigenvalue weighted by Gasteiger charge is -2.22. The van der Waals surface area contributed by atoms with E-state index in [1.54, 1.807) is 0 Å². The minimum absolute atomic E-state index is 0.0243. The highest BCUT2D eigenvalue weighted by Gasteiger charge is 2.16. The van der Waals surface area contributed by atoms with Crippen LogP contribution < -0.4 is 10.5 Å². The molecule has 0 amide bonds. The van der Waals surface area contributed by atoms with Gasteiger partial charge in [-0.1, -0.05) is 26.0 Å². The first-order valence-electron chi connectivity index (χ1n) is 6.45. The number of aryl methyl sites for hydroxylation is 1. The smallest absolute Gasteiger partial charge is 0.305 e. The molecule has 0 unspecified atom stereocenters. The number of carbonyl (C=O) groups is 1. The van der Waals surface area contributed by atoms with Crippen LogP contribution in [0.4, 0.5) is 0 Å². The summed E-state index contributed by atoms with van der Waals surface area (Å²) in [5, 5.41) is 0. The average Bonchev–Trinajstić information content (AvgIpc) is 2.43. The molecule has 4 nitrogen and oxygen atoms in total. The van der Waals surface area contributed by atoms with Crippen molar-refractivity contribution in [3.8, 4) is 5.75 Å². The summed E-state index contributed by atoms with van der Waals surface area (Å²) in [7, 11) is 1.40. The van der Waals surface area contributed by atoms with Gasteiger partial charge in [0.15, 0.2) is 0 Å². The van der Waals surface area contributed by atoms with Crippen LogP contribution in [0.1, 0.15) is 25.8 Å². The second-order valence-corrected chi connectivity index (χ2v) is 5.38. The van der Waals surface area contributed by atoms with Crippen molar-refractivity contribution < 1.29 is 14.3 Å². The highest BCUT2D eigenvalue weighted by Crippen LogP contribution is 2.18. The van der Waals surface area contributed by atoms with Crippen molar-refractivity contribution in [2.75, 3.05) is 20.3 Å². The molecule has 0 aliphatic rings. The van der Waals surface area contributed by atoms with Crippen molar-refractivity contribution in [1.29, 1.82) is 0 Å². The molecule has 4 heteroatoms. The second kappa shape index (κ2) is 7.14. The Bertz CT molecular complexity index is 398. The Morgan fingerprint density at radius 3 is 2.42 bits per heavy atom. The summed E-state index contributed by atoms with van der Waals surface area (Å²) in [6.07, 6.45) is 1.08. The zero-order valence-corrected chi connectivity index (χ0v) is 11.9. The zero-order valence-electron chi connectivity index (χ0n) is 11.9.